The van der Waals surface area contributed by atoms with E-state index in [2.05, 4.69) is 29.4 Å². The van der Waals surface area contributed by atoms with Gasteiger partial charge in [-0.3, -0.25) is 4.79 Å². The number of aromatic nitrogens is 1. The molecule has 2 heterocycles. The molecule has 0 bridgehead atoms. The van der Waals surface area contributed by atoms with E-state index in [1.54, 1.807) is 18.3 Å². The lowest BCUT2D eigenvalue weighted by molar-refractivity contribution is -0.117. The molecule has 3 N–H and O–H groups in total. The van der Waals surface area contributed by atoms with Crippen molar-refractivity contribution in [2.45, 2.75) is 26.8 Å². The Morgan fingerprint density at radius 2 is 2.11 bits per heavy atom. The number of carbonyl (C=O) groups excluding carboxylic acids is 1. The van der Waals surface area contributed by atoms with Gasteiger partial charge >= 0.3 is 0 Å². The number of amides is 1. The highest BCUT2D eigenvalue weighted by atomic mass is 32.1. The SMILES string of the molecule is Cc1ccc(-c2nc(NC(=O)[C@H](C)N)sc2C)s1. The molecular weight excluding hydrogens is 266 g/mol. The molecule has 0 aliphatic carbocycles. The predicted molar refractivity (Wildman–Crippen MR) is 77.2 cm³/mol. The molecule has 96 valence electrons. The predicted octanol–water partition coefficient (Wildman–Crippen LogP) is 2.77. The summed E-state index contributed by atoms with van der Waals surface area (Å²) in [7, 11) is 0. The molecular formula is C12H15N3OS2. The molecule has 2 rings (SSSR count). The molecule has 0 radical (unpaired) electrons. The Balaban J connectivity index is 2.25. The van der Waals surface area contributed by atoms with Crippen LogP contribution in [0.3, 0.4) is 0 Å². The number of nitrogens with zero attached hydrogens (tertiary/aromatic N) is 1. The van der Waals surface area contributed by atoms with Crippen LogP contribution in [0.1, 0.15) is 16.7 Å². The highest BCUT2D eigenvalue weighted by molar-refractivity contribution is 7.18. The van der Waals surface area contributed by atoms with Crippen molar-refractivity contribution in [1.29, 1.82) is 0 Å². The molecule has 4 nitrogen and oxygen atoms in total. The summed E-state index contributed by atoms with van der Waals surface area (Å²) in [5.41, 5.74) is 6.45. The Bertz CT molecular complexity index is 572. The van der Waals surface area contributed by atoms with Crippen LogP contribution in [0.4, 0.5) is 5.13 Å². The van der Waals surface area contributed by atoms with E-state index < -0.39 is 6.04 Å². The molecule has 6 heteroatoms. The molecule has 1 atom stereocenters. The second-order valence-electron chi connectivity index (χ2n) is 4.11. The maximum atomic E-state index is 11.5. The smallest absolute Gasteiger partial charge is 0.242 e. The van der Waals surface area contributed by atoms with Crippen molar-refractivity contribution in [2.24, 2.45) is 5.73 Å². The Morgan fingerprint density at radius 1 is 1.39 bits per heavy atom. The van der Waals surface area contributed by atoms with Gasteiger partial charge in [0.1, 0.15) is 0 Å². The van der Waals surface area contributed by atoms with Crippen LogP contribution in [0, 0.1) is 13.8 Å². The van der Waals surface area contributed by atoms with E-state index in [1.165, 1.54) is 16.2 Å². The Morgan fingerprint density at radius 3 is 2.67 bits per heavy atom. The Kier molecular flexibility index (Phi) is 3.79. The van der Waals surface area contributed by atoms with Gasteiger partial charge in [-0.2, -0.15) is 0 Å². The summed E-state index contributed by atoms with van der Waals surface area (Å²) in [4.78, 5) is 19.4. The summed E-state index contributed by atoms with van der Waals surface area (Å²) >= 11 is 3.17. The highest BCUT2D eigenvalue weighted by Crippen LogP contribution is 2.34. The van der Waals surface area contributed by atoms with Crippen LogP contribution in [-0.4, -0.2) is 16.9 Å². The van der Waals surface area contributed by atoms with Crippen molar-refractivity contribution in [2.75, 3.05) is 5.32 Å². The number of thiazole rings is 1. The zero-order chi connectivity index (χ0) is 13.3. The fraction of sp³-hybridized carbons (Fsp3) is 0.333. The van der Waals surface area contributed by atoms with Crippen molar-refractivity contribution in [3.05, 3.63) is 21.9 Å². The van der Waals surface area contributed by atoms with Crippen molar-refractivity contribution < 1.29 is 4.79 Å². The summed E-state index contributed by atoms with van der Waals surface area (Å²) in [6, 6.07) is 3.60. The van der Waals surface area contributed by atoms with E-state index in [1.807, 2.05) is 6.92 Å². The summed E-state index contributed by atoms with van der Waals surface area (Å²) in [6.45, 7) is 5.72. The molecule has 0 saturated carbocycles. The van der Waals surface area contributed by atoms with E-state index in [0.29, 0.717) is 5.13 Å². The zero-order valence-electron chi connectivity index (χ0n) is 10.5. The van der Waals surface area contributed by atoms with Gasteiger partial charge in [0.05, 0.1) is 16.6 Å². The standard InChI is InChI=1S/C12H15N3OS2/c1-6-4-5-9(17-6)10-8(3)18-12(14-10)15-11(16)7(2)13/h4-5,7H,13H2,1-3H3,(H,14,15,16)/t7-/m0/s1. The fourth-order valence-corrected chi connectivity index (χ4v) is 3.27. The first-order chi connectivity index (χ1) is 8.47. The molecule has 0 aromatic carbocycles. The average molecular weight is 281 g/mol. The Hall–Kier alpha value is -1.24. The number of thiophene rings is 1. The first kappa shape index (κ1) is 13.2. The molecule has 0 aliphatic heterocycles. The van der Waals surface area contributed by atoms with Gasteiger partial charge in [0, 0.05) is 9.75 Å². The Labute approximate surface area is 114 Å². The van der Waals surface area contributed by atoms with Crippen molar-refractivity contribution in [3.63, 3.8) is 0 Å². The first-order valence-corrected chi connectivity index (χ1v) is 7.21. The van der Waals surface area contributed by atoms with Crippen LogP contribution >= 0.6 is 22.7 Å². The highest BCUT2D eigenvalue weighted by Gasteiger charge is 2.14. The maximum Gasteiger partial charge on any atom is 0.242 e. The molecule has 18 heavy (non-hydrogen) atoms. The van der Waals surface area contributed by atoms with Crippen LogP contribution in [-0.2, 0) is 4.79 Å². The van der Waals surface area contributed by atoms with E-state index in [0.717, 1.165) is 15.4 Å². The molecule has 2 aromatic heterocycles. The fourth-order valence-electron chi connectivity index (χ4n) is 1.46. The number of hydrogen-bond acceptors (Lipinski definition) is 5. The number of rotatable bonds is 3. The van der Waals surface area contributed by atoms with E-state index in [-0.39, 0.29) is 5.91 Å². The second kappa shape index (κ2) is 5.17. The number of nitrogens with one attached hydrogen (secondary N) is 1. The van der Waals surface area contributed by atoms with Gasteiger partial charge in [-0.15, -0.1) is 22.7 Å². The third-order valence-corrected chi connectivity index (χ3v) is 4.31. The molecule has 0 aliphatic rings. The topological polar surface area (TPSA) is 68.0 Å². The number of aryl methyl sites for hydroxylation is 2. The minimum absolute atomic E-state index is 0.210. The molecule has 0 saturated heterocycles. The number of nitrogens with two attached hydrogens (primary N) is 1. The van der Waals surface area contributed by atoms with E-state index in [9.17, 15) is 4.79 Å². The van der Waals surface area contributed by atoms with Gasteiger partial charge in [-0.1, -0.05) is 0 Å². The molecule has 1 amide bonds. The van der Waals surface area contributed by atoms with Crippen LogP contribution in [0.25, 0.3) is 10.6 Å². The summed E-state index contributed by atoms with van der Waals surface area (Å²) in [5, 5.41) is 3.33. The first-order valence-electron chi connectivity index (χ1n) is 5.58. The second-order valence-corrected chi connectivity index (χ2v) is 6.60. The van der Waals surface area contributed by atoms with Crippen LogP contribution < -0.4 is 11.1 Å². The summed E-state index contributed by atoms with van der Waals surface area (Å²) in [6.07, 6.45) is 0. The average Bonchev–Trinajstić information content (AvgIpc) is 2.85. The van der Waals surface area contributed by atoms with E-state index in [4.69, 9.17) is 5.73 Å². The summed E-state index contributed by atoms with van der Waals surface area (Å²) < 4.78 is 0. The number of anilines is 1. The van der Waals surface area contributed by atoms with Crippen LogP contribution in [0.15, 0.2) is 12.1 Å². The van der Waals surface area contributed by atoms with Crippen molar-refractivity contribution in [3.8, 4) is 10.6 Å². The lowest BCUT2D eigenvalue weighted by atomic mass is 10.3. The summed E-state index contributed by atoms with van der Waals surface area (Å²) in [5.74, 6) is -0.210. The van der Waals surface area contributed by atoms with Gasteiger partial charge < -0.3 is 11.1 Å². The van der Waals surface area contributed by atoms with Gasteiger partial charge in [0.25, 0.3) is 0 Å². The quantitative estimate of drug-likeness (QED) is 0.909. The minimum atomic E-state index is -0.526. The lowest BCUT2D eigenvalue weighted by Gasteiger charge is -2.03. The monoisotopic (exact) mass is 281 g/mol. The third-order valence-electron chi connectivity index (χ3n) is 2.41. The van der Waals surface area contributed by atoms with Crippen molar-refractivity contribution >= 4 is 33.7 Å². The van der Waals surface area contributed by atoms with Gasteiger partial charge in [-0.05, 0) is 32.9 Å². The van der Waals surface area contributed by atoms with E-state index >= 15 is 0 Å². The number of hydrogen-bond donors (Lipinski definition) is 2. The molecule has 0 fully saturated rings. The molecule has 0 unspecified atom stereocenters. The van der Waals surface area contributed by atoms with Gasteiger partial charge in [-0.25, -0.2) is 4.98 Å². The number of carbonyl (C=O) groups is 1. The van der Waals surface area contributed by atoms with Crippen molar-refractivity contribution in [1.82, 2.24) is 4.98 Å². The normalized spacial score (nSPS) is 12.4. The molecule has 0 spiro atoms. The molecule has 2 aromatic rings. The van der Waals surface area contributed by atoms with Crippen LogP contribution in [0.2, 0.25) is 0 Å². The minimum Gasteiger partial charge on any atom is -0.320 e. The third kappa shape index (κ3) is 2.77. The maximum absolute atomic E-state index is 11.5. The lowest BCUT2D eigenvalue weighted by Crippen LogP contribution is -2.32. The van der Waals surface area contributed by atoms with Crippen LogP contribution in [0.5, 0.6) is 0 Å². The largest absolute Gasteiger partial charge is 0.320 e. The zero-order valence-corrected chi connectivity index (χ0v) is 12.1. The van der Waals surface area contributed by atoms with Gasteiger partial charge in [0.2, 0.25) is 5.91 Å². The van der Waals surface area contributed by atoms with Gasteiger partial charge in [0.15, 0.2) is 5.13 Å².